The highest BCUT2D eigenvalue weighted by molar-refractivity contribution is 5.66. The molecule has 2 saturated carbocycles. The summed E-state index contributed by atoms with van der Waals surface area (Å²) in [7, 11) is 2.43. The van der Waals surface area contributed by atoms with Gasteiger partial charge >= 0.3 is 5.97 Å². The molecule has 3 aliphatic rings. The van der Waals surface area contributed by atoms with Gasteiger partial charge in [0.2, 0.25) is 0 Å². The minimum absolute atomic E-state index is 0.0818. The molecule has 2 aliphatic carbocycles. The van der Waals surface area contributed by atoms with Crippen LogP contribution >= 0.6 is 0 Å². The second kappa shape index (κ2) is 4.52. The number of rotatable bonds is 2. The summed E-state index contributed by atoms with van der Waals surface area (Å²) < 4.78 is 6.91. The van der Waals surface area contributed by atoms with Crippen LogP contribution in [0.25, 0.3) is 0 Å². The summed E-state index contributed by atoms with van der Waals surface area (Å²) in [5, 5.41) is 0. The maximum absolute atomic E-state index is 11.3. The smallest absolute Gasteiger partial charge is 0.302 e. The molecule has 0 aromatic rings. The molecule has 0 N–H and O–H groups in total. The molecule has 0 amide bonds. The Hall–Kier alpha value is -0.570. The molecule has 0 unspecified atom stereocenters. The van der Waals surface area contributed by atoms with E-state index in [9.17, 15) is 4.79 Å². The topological polar surface area (TPSA) is 26.3 Å². The van der Waals surface area contributed by atoms with Crippen molar-refractivity contribution < 1.29 is 14.0 Å². The molecule has 4 atom stereocenters. The first-order valence-electron chi connectivity index (χ1n) is 7.61. The molecular formula is C15H26NO2+. The summed E-state index contributed by atoms with van der Waals surface area (Å²) in [6.07, 6.45) is 8.16. The fourth-order valence-electron chi connectivity index (χ4n) is 4.94. The van der Waals surface area contributed by atoms with E-state index in [0.717, 1.165) is 6.04 Å². The van der Waals surface area contributed by atoms with Crippen molar-refractivity contribution in [1.29, 1.82) is 0 Å². The van der Waals surface area contributed by atoms with Crippen LogP contribution in [0.3, 0.4) is 0 Å². The second-order valence-electron chi connectivity index (χ2n) is 6.85. The lowest BCUT2D eigenvalue weighted by Gasteiger charge is -2.45. The van der Waals surface area contributed by atoms with Gasteiger partial charge in [0.05, 0.1) is 26.2 Å². The molecule has 102 valence electrons. The van der Waals surface area contributed by atoms with Crippen molar-refractivity contribution in [2.75, 3.05) is 20.1 Å². The Balaban J connectivity index is 1.78. The van der Waals surface area contributed by atoms with Crippen LogP contribution < -0.4 is 0 Å². The van der Waals surface area contributed by atoms with Crippen molar-refractivity contribution in [3.63, 3.8) is 0 Å². The van der Waals surface area contributed by atoms with Crippen LogP contribution in [0.4, 0.5) is 0 Å². The number of esters is 1. The van der Waals surface area contributed by atoms with Gasteiger partial charge in [-0.05, 0) is 25.2 Å². The Morgan fingerprint density at radius 2 is 1.78 bits per heavy atom. The molecule has 1 aliphatic heterocycles. The van der Waals surface area contributed by atoms with Crippen LogP contribution in [-0.2, 0) is 9.53 Å². The molecule has 0 aromatic carbocycles. The Morgan fingerprint density at radius 1 is 1.11 bits per heavy atom. The number of quaternary nitrogens is 1. The lowest BCUT2D eigenvalue weighted by molar-refractivity contribution is -0.927. The SMILES string of the molecule is CC(=O)O[C@@H]1[C@H]2CC[C@H]1[C@@H]([N+]1(C)CCCC1)CC2. The number of carbonyl (C=O) groups excluding carboxylic acids is 1. The molecule has 1 saturated heterocycles. The number of hydrogen-bond acceptors (Lipinski definition) is 2. The molecule has 18 heavy (non-hydrogen) atoms. The predicted molar refractivity (Wildman–Crippen MR) is 69.9 cm³/mol. The van der Waals surface area contributed by atoms with E-state index in [1.165, 1.54) is 56.1 Å². The van der Waals surface area contributed by atoms with Gasteiger partial charge < -0.3 is 9.22 Å². The summed E-state index contributed by atoms with van der Waals surface area (Å²) in [6.45, 7) is 4.23. The van der Waals surface area contributed by atoms with Crippen LogP contribution in [0, 0.1) is 11.8 Å². The van der Waals surface area contributed by atoms with Crippen molar-refractivity contribution >= 4 is 5.97 Å². The first kappa shape index (κ1) is 12.5. The summed E-state index contributed by atoms with van der Waals surface area (Å²) in [5.41, 5.74) is 0. The molecule has 0 spiro atoms. The van der Waals surface area contributed by atoms with Crippen LogP contribution in [0.1, 0.15) is 45.4 Å². The molecule has 3 fully saturated rings. The standard InChI is InChI=1S/C15H26NO2/c1-11(17)18-15-12-5-7-13(15)14(8-6-12)16(2)9-3-4-10-16/h12-15H,3-10H2,1-2H3/q+1/t12-,13-,14-,15+/m0/s1. The second-order valence-corrected chi connectivity index (χ2v) is 6.85. The average molecular weight is 252 g/mol. The number of fused-ring (bicyclic) bond motifs is 2. The third-order valence-electron chi connectivity index (χ3n) is 5.78. The third kappa shape index (κ3) is 1.97. The number of ether oxygens (including phenoxy) is 1. The normalized spacial score (nSPS) is 41.9. The average Bonchev–Trinajstić information content (AvgIpc) is 2.83. The Labute approximate surface area is 110 Å². The van der Waals surface area contributed by atoms with Crippen LogP contribution in [0.2, 0.25) is 0 Å². The molecule has 0 radical (unpaired) electrons. The van der Waals surface area contributed by atoms with Crippen molar-refractivity contribution in [2.45, 2.75) is 57.6 Å². The van der Waals surface area contributed by atoms with Gasteiger partial charge in [-0.1, -0.05) is 0 Å². The highest BCUT2D eigenvalue weighted by atomic mass is 16.5. The van der Waals surface area contributed by atoms with Crippen molar-refractivity contribution in [3.8, 4) is 0 Å². The molecule has 1 heterocycles. The van der Waals surface area contributed by atoms with Gasteiger partial charge in [-0.2, -0.15) is 0 Å². The Kier molecular flexibility index (Phi) is 3.13. The maximum Gasteiger partial charge on any atom is 0.302 e. The van der Waals surface area contributed by atoms with Gasteiger partial charge in [-0.15, -0.1) is 0 Å². The lowest BCUT2D eigenvalue weighted by Crippen LogP contribution is -2.57. The Morgan fingerprint density at radius 3 is 2.44 bits per heavy atom. The van der Waals surface area contributed by atoms with E-state index < -0.39 is 0 Å². The third-order valence-corrected chi connectivity index (χ3v) is 5.78. The highest BCUT2D eigenvalue weighted by Crippen LogP contribution is 2.48. The molecule has 2 bridgehead atoms. The number of nitrogens with zero attached hydrogens (tertiary/aromatic N) is 1. The van der Waals surface area contributed by atoms with E-state index in [1.54, 1.807) is 6.92 Å². The maximum atomic E-state index is 11.3. The zero-order chi connectivity index (χ0) is 12.8. The van der Waals surface area contributed by atoms with E-state index in [4.69, 9.17) is 4.74 Å². The van der Waals surface area contributed by atoms with Crippen LogP contribution in [-0.4, -0.2) is 42.7 Å². The Bertz CT molecular complexity index is 335. The minimum Gasteiger partial charge on any atom is -0.462 e. The van der Waals surface area contributed by atoms with Gasteiger partial charge in [0, 0.05) is 32.1 Å². The van der Waals surface area contributed by atoms with Gasteiger partial charge in [0.1, 0.15) is 6.10 Å². The molecule has 3 rings (SSSR count). The van der Waals surface area contributed by atoms with Gasteiger partial charge in [0.25, 0.3) is 0 Å². The van der Waals surface area contributed by atoms with Gasteiger partial charge in [-0.25, -0.2) is 0 Å². The number of likely N-dealkylation sites (tertiary alicyclic amines) is 1. The fraction of sp³-hybridized carbons (Fsp3) is 0.933. The summed E-state index contributed by atoms with van der Waals surface area (Å²) in [6, 6.07) is 0.746. The summed E-state index contributed by atoms with van der Waals surface area (Å²) >= 11 is 0. The molecule has 3 nitrogen and oxygen atoms in total. The molecule has 0 aromatic heterocycles. The number of hydrogen-bond donors (Lipinski definition) is 0. The fourth-order valence-corrected chi connectivity index (χ4v) is 4.94. The van der Waals surface area contributed by atoms with Crippen molar-refractivity contribution in [3.05, 3.63) is 0 Å². The van der Waals surface area contributed by atoms with E-state index >= 15 is 0 Å². The summed E-state index contributed by atoms with van der Waals surface area (Å²) in [5.74, 6) is 1.21. The largest absolute Gasteiger partial charge is 0.462 e. The van der Waals surface area contributed by atoms with E-state index in [1.807, 2.05) is 0 Å². The quantitative estimate of drug-likeness (QED) is 0.557. The van der Waals surface area contributed by atoms with Crippen LogP contribution in [0.5, 0.6) is 0 Å². The van der Waals surface area contributed by atoms with Crippen molar-refractivity contribution in [1.82, 2.24) is 0 Å². The summed E-state index contributed by atoms with van der Waals surface area (Å²) in [4.78, 5) is 11.3. The first-order valence-corrected chi connectivity index (χ1v) is 7.61. The van der Waals surface area contributed by atoms with E-state index in [-0.39, 0.29) is 12.1 Å². The van der Waals surface area contributed by atoms with E-state index in [0.29, 0.717) is 11.8 Å². The van der Waals surface area contributed by atoms with Gasteiger partial charge in [0.15, 0.2) is 0 Å². The zero-order valence-corrected chi connectivity index (χ0v) is 11.7. The first-order chi connectivity index (χ1) is 8.60. The molecule has 3 heteroatoms. The lowest BCUT2D eigenvalue weighted by atomic mass is 9.80. The predicted octanol–water partition coefficient (Wildman–Crippen LogP) is 2.35. The van der Waals surface area contributed by atoms with Crippen LogP contribution in [0.15, 0.2) is 0 Å². The number of carbonyl (C=O) groups is 1. The zero-order valence-electron chi connectivity index (χ0n) is 11.7. The van der Waals surface area contributed by atoms with Gasteiger partial charge in [-0.3, -0.25) is 4.79 Å². The monoisotopic (exact) mass is 252 g/mol. The van der Waals surface area contributed by atoms with E-state index in [2.05, 4.69) is 7.05 Å². The highest BCUT2D eigenvalue weighted by Gasteiger charge is 2.53. The minimum atomic E-state index is -0.0818. The van der Waals surface area contributed by atoms with Crippen molar-refractivity contribution in [2.24, 2.45) is 11.8 Å². The molecular weight excluding hydrogens is 226 g/mol.